The minimum absolute atomic E-state index is 0.0172. The lowest BCUT2D eigenvalue weighted by atomic mass is 10.2. The van der Waals surface area contributed by atoms with E-state index in [1.54, 1.807) is 16.7 Å². The summed E-state index contributed by atoms with van der Waals surface area (Å²) in [5, 5.41) is 1.43. The van der Waals surface area contributed by atoms with Crippen LogP contribution in [0.1, 0.15) is 19.4 Å². The quantitative estimate of drug-likeness (QED) is 0.468. The molecule has 0 radical (unpaired) electrons. The van der Waals surface area contributed by atoms with Crippen LogP contribution < -0.4 is 10.5 Å². The number of nitrogens with zero attached hydrogens (tertiary/aromatic N) is 2. The normalized spacial score (nSPS) is 19.4. The fraction of sp³-hybridized carbons (Fsp3) is 0.417. The van der Waals surface area contributed by atoms with Gasteiger partial charge >= 0.3 is 0 Å². The molecule has 2 heterocycles. The molecule has 1 N–H and O–H groups in total. The zero-order chi connectivity index (χ0) is 20.9. The number of thioether (sulfide) groups is 1. The van der Waals surface area contributed by atoms with Gasteiger partial charge < -0.3 is 9.64 Å². The molecular formula is C24H30N3O2S+. The predicted molar refractivity (Wildman–Crippen MR) is 122 cm³/mol. The van der Waals surface area contributed by atoms with E-state index in [0.717, 1.165) is 41.7 Å². The maximum absolute atomic E-state index is 13.3. The van der Waals surface area contributed by atoms with E-state index in [1.165, 1.54) is 6.54 Å². The Kier molecular flexibility index (Phi) is 6.87. The molecule has 1 aliphatic rings. The molecule has 5 nitrogen and oxygen atoms in total. The van der Waals surface area contributed by atoms with Gasteiger partial charge in [0.2, 0.25) is 0 Å². The molecule has 0 amide bonds. The van der Waals surface area contributed by atoms with Crippen molar-refractivity contribution in [3.8, 4) is 0 Å². The van der Waals surface area contributed by atoms with Gasteiger partial charge in [-0.15, -0.1) is 0 Å². The average molecular weight is 425 g/mol. The van der Waals surface area contributed by atoms with Crippen LogP contribution in [0, 0.1) is 5.92 Å². The van der Waals surface area contributed by atoms with Crippen LogP contribution >= 0.6 is 11.8 Å². The molecule has 1 aliphatic heterocycles. The maximum Gasteiger partial charge on any atom is 0.262 e. The first-order valence-corrected chi connectivity index (χ1v) is 11.7. The number of ether oxygens (including phenoxy) is 1. The van der Waals surface area contributed by atoms with Gasteiger partial charge in [0, 0.05) is 11.7 Å². The van der Waals surface area contributed by atoms with Crippen LogP contribution in [0.25, 0.3) is 10.9 Å². The Bertz CT molecular complexity index is 1040. The third-order valence-corrected chi connectivity index (χ3v) is 6.54. The standard InChI is InChI=1S/C24H29N3O2S/c1-18(2)14-26-12-13-29-20(16-26)17-30-24-25-22-11-7-6-10-21(22)23(28)27(24)15-19-8-4-3-5-9-19/h3-11,18,20H,12-17H2,1-2H3/p+1/t20-/m1/s1. The highest BCUT2D eigenvalue weighted by Gasteiger charge is 2.25. The number of fused-ring (bicyclic) bond motifs is 1. The summed E-state index contributed by atoms with van der Waals surface area (Å²) in [5.74, 6) is 1.49. The summed E-state index contributed by atoms with van der Waals surface area (Å²) >= 11 is 1.64. The predicted octanol–water partition coefficient (Wildman–Crippen LogP) is 2.48. The SMILES string of the molecule is CC(C)C[NH+]1CCO[C@@H](CSc2nc3ccccc3c(=O)n2Cc2ccccc2)C1. The molecule has 0 spiro atoms. The zero-order valence-electron chi connectivity index (χ0n) is 17.7. The number of hydrogen-bond acceptors (Lipinski definition) is 4. The number of benzene rings is 2. The molecule has 6 heteroatoms. The van der Waals surface area contributed by atoms with Crippen LogP contribution in [-0.4, -0.2) is 47.6 Å². The summed E-state index contributed by atoms with van der Waals surface area (Å²) in [5.41, 5.74) is 1.87. The Balaban J connectivity index is 1.57. The van der Waals surface area contributed by atoms with Gasteiger partial charge in [-0.25, -0.2) is 4.98 Å². The largest absolute Gasteiger partial charge is 0.366 e. The Labute approximate surface area is 182 Å². The first-order valence-electron chi connectivity index (χ1n) is 10.7. The summed E-state index contributed by atoms with van der Waals surface area (Å²) in [4.78, 5) is 19.7. The molecule has 1 saturated heterocycles. The number of quaternary nitrogens is 1. The third kappa shape index (κ3) is 5.12. The highest BCUT2D eigenvalue weighted by Crippen LogP contribution is 2.20. The Morgan fingerprint density at radius 1 is 1.17 bits per heavy atom. The van der Waals surface area contributed by atoms with Crippen molar-refractivity contribution in [3.63, 3.8) is 0 Å². The molecule has 4 rings (SSSR count). The van der Waals surface area contributed by atoms with Crippen molar-refractivity contribution in [2.45, 2.75) is 31.7 Å². The van der Waals surface area contributed by atoms with Crippen LogP contribution in [-0.2, 0) is 11.3 Å². The molecular weight excluding hydrogens is 394 g/mol. The highest BCUT2D eigenvalue weighted by molar-refractivity contribution is 7.99. The molecule has 158 valence electrons. The monoisotopic (exact) mass is 424 g/mol. The molecule has 2 atom stereocenters. The van der Waals surface area contributed by atoms with Gasteiger partial charge in [-0.05, 0) is 17.7 Å². The average Bonchev–Trinajstić information content (AvgIpc) is 2.75. The van der Waals surface area contributed by atoms with E-state index < -0.39 is 0 Å². The Morgan fingerprint density at radius 2 is 1.93 bits per heavy atom. The molecule has 30 heavy (non-hydrogen) atoms. The van der Waals surface area contributed by atoms with Crippen LogP contribution in [0.5, 0.6) is 0 Å². The van der Waals surface area contributed by atoms with Gasteiger partial charge in [-0.2, -0.15) is 0 Å². The van der Waals surface area contributed by atoms with E-state index in [0.29, 0.717) is 17.8 Å². The van der Waals surface area contributed by atoms with Gasteiger partial charge in [0.25, 0.3) is 5.56 Å². The second-order valence-corrected chi connectivity index (χ2v) is 9.38. The molecule has 1 fully saturated rings. The lowest BCUT2D eigenvalue weighted by molar-refractivity contribution is -0.914. The maximum atomic E-state index is 13.3. The smallest absolute Gasteiger partial charge is 0.262 e. The fourth-order valence-electron chi connectivity index (χ4n) is 4.05. The van der Waals surface area contributed by atoms with Gasteiger partial charge in [-0.3, -0.25) is 9.36 Å². The molecule has 1 aromatic heterocycles. The number of morpholine rings is 1. The Morgan fingerprint density at radius 3 is 2.73 bits per heavy atom. The van der Waals surface area contributed by atoms with Crippen molar-refractivity contribution >= 4 is 22.7 Å². The number of aromatic nitrogens is 2. The summed E-state index contributed by atoms with van der Waals surface area (Å²) in [6.07, 6.45) is 0.186. The van der Waals surface area contributed by atoms with Gasteiger partial charge in [-0.1, -0.05) is 68.1 Å². The van der Waals surface area contributed by atoms with E-state index in [2.05, 4.69) is 13.8 Å². The first kappa shape index (κ1) is 21.1. The lowest BCUT2D eigenvalue weighted by Gasteiger charge is -2.31. The number of hydrogen-bond donors (Lipinski definition) is 1. The Hall–Kier alpha value is -2.15. The van der Waals surface area contributed by atoms with Crippen molar-refractivity contribution in [2.75, 3.05) is 32.0 Å². The van der Waals surface area contributed by atoms with E-state index in [1.807, 2.05) is 59.2 Å². The second-order valence-electron chi connectivity index (χ2n) is 8.39. The van der Waals surface area contributed by atoms with Crippen molar-refractivity contribution < 1.29 is 9.64 Å². The van der Waals surface area contributed by atoms with Crippen LogP contribution in [0.2, 0.25) is 0 Å². The van der Waals surface area contributed by atoms with Crippen molar-refractivity contribution in [1.82, 2.24) is 9.55 Å². The fourth-order valence-corrected chi connectivity index (χ4v) is 5.07. The van der Waals surface area contributed by atoms with E-state index in [-0.39, 0.29) is 11.7 Å². The second kappa shape index (κ2) is 9.77. The molecule has 0 saturated carbocycles. The molecule has 3 aromatic rings. The topological polar surface area (TPSA) is 48.6 Å². The van der Waals surface area contributed by atoms with Gasteiger partial charge in [0.1, 0.15) is 19.2 Å². The van der Waals surface area contributed by atoms with E-state index >= 15 is 0 Å². The number of rotatable bonds is 7. The zero-order valence-corrected chi connectivity index (χ0v) is 18.5. The van der Waals surface area contributed by atoms with Crippen LogP contribution in [0.3, 0.4) is 0 Å². The van der Waals surface area contributed by atoms with Crippen molar-refractivity contribution in [1.29, 1.82) is 0 Å². The molecule has 1 unspecified atom stereocenters. The van der Waals surface area contributed by atoms with Crippen molar-refractivity contribution in [3.05, 3.63) is 70.5 Å². The van der Waals surface area contributed by atoms with Crippen LogP contribution in [0.15, 0.2) is 64.5 Å². The minimum atomic E-state index is 0.0172. The van der Waals surface area contributed by atoms with E-state index in [9.17, 15) is 4.79 Å². The molecule has 0 aliphatic carbocycles. The highest BCUT2D eigenvalue weighted by atomic mass is 32.2. The molecule has 2 aromatic carbocycles. The number of nitrogens with one attached hydrogen (secondary N) is 1. The van der Waals surface area contributed by atoms with Gasteiger partial charge in [0.15, 0.2) is 5.16 Å². The third-order valence-electron chi connectivity index (χ3n) is 5.43. The van der Waals surface area contributed by atoms with Crippen LogP contribution in [0.4, 0.5) is 0 Å². The summed E-state index contributed by atoms with van der Waals surface area (Å²) < 4.78 is 7.84. The minimum Gasteiger partial charge on any atom is -0.366 e. The molecule has 0 bridgehead atoms. The summed E-state index contributed by atoms with van der Waals surface area (Å²) in [7, 11) is 0. The van der Waals surface area contributed by atoms with Crippen molar-refractivity contribution in [2.24, 2.45) is 5.92 Å². The summed E-state index contributed by atoms with van der Waals surface area (Å²) in [6, 6.07) is 17.7. The van der Waals surface area contributed by atoms with E-state index in [4.69, 9.17) is 9.72 Å². The van der Waals surface area contributed by atoms with Gasteiger partial charge in [0.05, 0.1) is 30.6 Å². The first-order chi connectivity index (χ1) is 14.6. The summed E-state index contributed by atoms with van der Waals surface area (Å²) in [6.45, 7) is 9.14. The number of para-hydroxylation sites is 1. The lowest BCUT2D eigenvalue weighted by Crippen LogP contribution is -3.15.